The maximum absolute atomic E-state index is 13.3. The zero-order chi connectivity index (χ0) is 21.3. The van der Waals surface area contributed by atoms with Crippen LogP contribution in [0.1, 0.15) is 21.5 Å². The van der Waals surface area contributed by atoms with E-state index >= 15 is 0 Å². The van der Waals surface area contributed by atoms with Crippen molar-refractivity contribution in [3.05, 3.63) is 104 Å². The fraction of sp³-hybridized carbons (Fsp3) is 0.0870. The highest BCUT2D eigenvalue weighted by atomic mass is 79.9. The van der Waals surface area contributed by atoms with Gasteiger partial charge in [-0.1, -0.05) is 28.1 Å². The SMILES string of the molecule is Cc1cc(Br)ccc1NC(=O)c1cc2cccnc2n(Cc2ccc(F)cc2)c1=O. The lowest BCUT2D eigenvalue weighted by Gasteiger charge is -2.13. The maximum atomic E-state index is 13.3. The van der Waals surface area contributed by atoms with E-state index in [2.05, 4.69) is 26.2 Å². The number of aromatic nitrogens is 2. The molecule has 30 heavy (non-hydrogen) atoms. The van der Waals surface area contributed by atoms with Gasteiger partial charge < -0.3 is 5.32 Å². The number of fused-ring (bicyclic) bond motifs is 1. The van der Waals surface area contributed by atoms with Crippen molar-refractivity contribution in [3.63, 3.8) is 0 Å². The Kier molecular flexibility index (Phi) is 5.46. The number of aryl methyl sites for hydroxylation is 1. The number of carbonyl (C=O) groups is 1. The van der Waals surface area contributed by atoms with Crippen molar-refractivity contribution in [2.24, 2.45) is 0 Å². The van der Waals surface area contributed by atoms with E-state index in [1.54, 1.807) is 42.6 Å². The molecule has 0 spiro atoms. The zero-order valence-electron chi connectivity index (χ0n) is 16.0. The first-order valence-electron chi connectivity index (χ1n) is 9.23. The zero-order valence-corrected chi connectivity index (χ0v) is 17.6. The molecular weight excluding hydrogens is 449 g/mol. The Hall–Kier alpha value is -3.32. The summed E-state index contributed by atoms with van der Waals surface area (Å²) in [4.78, 5) is 30.5. The smallest absolute Gasteiger partial charge is 0.265 e. The third-order valence-electron chi connectivity index (χ3n) is 4.78. The van der Waals surface area contributed by atoms with Crippen molar-refractivity contribution in [1.82, 2.24) is 9.55 Å². The lowest BCUT2D eigenvalue weighted by Crippen LogP contribution is -2.30. The van der Waals surface area contributed by atoms with E-state index in [-0.39, 0.29) is 17.9 Å². The predicted octanol–water partition coefficient (Wildman–Crippen LogP) is 4.91. The van der Waals surface area contributed by atoms with Crippen LogP contribution < -0.4 is 10.9 Å². The first-order chi connectivity index (χ1) is 14.4. The van der Waals surface area contributed by atoms with E-state index in [9.17, 15) is 14.0 Å². The van der Waals surface area contributed by atoms with Crippen LogP contribution in [0.5, 0.6) is 0 Å². The molecule has 2 aromatic heterocycles. The van der Waals surface area contributed by atoms with Crippen LogP contribution in [0.2, 0.25) is 0 Å². The Balaban J connectivity index is 1.78. The largest absolute Gasteiger partial charge is 0.322 e. The molecule has 4 rings (SSSR count). The van der Waals surface area contributed by atoms with Crippen LogP contribution >= 0.6 is 15.9 Å². The van der Waals surface area contributed by atoms with E-state index in [4.69, 9.17) is 0 Å². The highest BCUT2D eigenvalue weighted by Gasteiger charge is 2.17. The number of anilines is 1. The second kappa shape index (κ2) is 8.20. The fourth-order valence-corrected chi connectivity index (χ4v) is 3.72. The Morgan fingerprint density at radius 1 is 1.13 bits per heavy atom. The minimum Gasteiger partial charge on any atom is -0.322 e. The van der Waals surface area contributed by atoms with E-state index in [0.717, 1.165) is 15.6 Å². The van der Waals surface area contributed by atoms with Gasteiger partial charge in [0.2, 0.25) is 0 Å². The summed E-state index contributed by atoms with van der Waals surface area (Å²) in [5, 5.41) is 3.48. The van der Waals surface area contributed by atoms with Crippen molar-refractivity contribution >= 4 is 38.6 Å². The van der Waals surface area contributed by atoms with Crippen molar-refractivity contribution in [3.8, 4) is 0 Å². The molecular formula is C23H17BrFN3O2. The molecule has 0 aliphatic rings. The average molecular weight is 466 g/mol. The van der Waals surface area contributed by atoms with Gasteiger partial charge in [-0.05, 0) is 66.6 Å². The number of pyridine rings is 2. The molecule has 0 bridgehead atoms. The second-order valence-corrected chi connectivity index (χ2v) is 7.82. The van der Waals surface area contributed by atoms with E-state index < -0.39 is 11.5 Å². The van der Waals surface area contributed by atoms with Crippen molar-refractivity contribution in [2.45, 2.75) is 13.5 Å². The average Bonchev–Trinajstić information content (AvgIpc) is 2.73. The van der Waals surface area contributed by atoms with Crippen molar-refractivity contribution < 1.29 is 9.18 Å². The van der Waals surface area contributed by atoms with Crippen molar-refractivity contribution in [1.29, 1.82) is 0 Å². The number of amides is 1. The number of halogens is 2. The van der Waals surface area contributed by atoms with E-state index in [0.29, 0.717) is 16.7 Å². The predicted molar refractivity (Wildman–Crippen MR) is 118 cm³/mol. The Morgan fingerprint density at radius 2 is 1.90 bits per heavy atom. The highest BCUT2D eigenvalue weighted by molar-refractivity contribution is 9.10. The van der Waals surface area contributed by atoms with Gasteiger partial charge >= 0.3 is 0 Å². The maximum Gasteiger partial charge on any atom is 0.265 e. The molecule has 0 atom stereocenters. The summed E-state index contributed by atoms with van der Waals surface area (Å²) in [6.45, 7) is 2.04. The monoisotopic (exact) mass is 465 g/mol. The van der Waals surface area contributed by atoms with Gasteiger partial charge in [0.1, 0.15) is 17.0 Å². The first-order valence-corrected chi connectivity index (χ1v) is 10.0. The number of hydrogen-bond acceptors (Lipinski definition) is 3. The summed E-state index contributed by atoms with van der Waals surface area (Å²) in [6.07, 6.45) is 1.59. The van der Waals surface area contributed by atoms with E-state index in [1.165, 1.54) is 16.7 Å². The molecule has 0 fully saturated rings. The number of hydrogen-bond donors (Lipinski definition) is 1. The third kappa shape index (κ3) is 4.02. The topological polar surface area (TPSA) is 64.0 Å². The molecule has 0 saturated carbocycles. The molecule has 0 radical (unpaired) electrons. The molecule has 7 heteroatoms. The van der Waals surface area contributed by atoms with Gasteiger partial charge in [-0.25, -0.2) is 9.37 Å². The summed E-state index contributed by atoms with van der Waals surface area (Å²) >= 11 is 3.40. The lowest BCUT2D eigenvalue weighted by molar-refractivity contribution is 0.102. The quantitative estimate of drug-likeness (QED) is 0.465. The Labute approximate surface area is 180 Å². The first kappa shape index (κ1) is 20.0. The molecule has 0 saturated heterocycles. The van der Waals surface area contributed by atoms with Crippen LogP contribution in [0.4, 0.5) is 10.1 Å². The fourth-order valence-electron chi connectivity index (χ4n) is 3.25. The third-order valence-corrected chi connectivity index (χ3v) is 5.28. The van der Waals surface area contributed by atoms with Gasteiger partial charge in [0.05, 0.1) is 6.54 Å². The highest BCUT2D eigenvalue weighted by Crippen LogP contribution is 2.21. The molecule has 0 unspecified atom stereocenters. The molecule has 1 amide bonds. The van der Waals surface area contributed by atoms with Gasteiger partial charge in [0.25, 0.3) is 11.5 Å². The van der Waals surface area contributed by atoms with Crippen LogP contribution in [-0.4, -0.2) is 15.5 Å². The Bertz CT molecular complexity index is 1320. The molecule has 1 N–H and O–H groups in total. The van der Waals surface area contributed by atoms with Crippen LogP contribution in [0.15, 0.2) is 76.1 Å². The number of rotatable bonds is 4. The number of nitrogens with zero attached hydrogens (tertiary/aromatic N) is 2. The minimum atomic E-state index is -0.496. The number of nitrogens with one attached hydrogen (secondary N) is 1. The summed E-state index contributed by atoms with van der Waals surface area (Å²) in [7, 11) is 0. The minimum absolute atomic E-state index is 0.0138. The summed E-state index contributed by atoms with van der Waals surface area (Å²) in [6, 6.07) is 16.5. The molecule has 2 aromatic carbocycles. The van der Waals surface area contributed by atoms with E-state index in [1.807, 2.05) is 19.1 Å². The lowest BCUT2D eigenvalue weighted by atomic mass is 10.1. The normalized spacial score (nSPS) is 10.9. The molecule has 5 nitrogen and oxygen atoms in total. The van der Waals surface area contributed by atoms with Crippen molar-refractivity contribution in [2.75, 3.05) is 5.32 Å². The second-order valence-electron chi connectivity index (χ2n) is 6.91. The van der Waals surface area contributed by atoms with Gasteiger partial charge in [0.15, 0.2) is 0 Å². The summed E-state index contributed by atoms with van der Waals surface area (Å²) in [5.41, 5.74) is 2.23. The van der Waals surface area contributed by atoms with Crippen LogP contribution in [0, 0.1) is 12.7 Å². The van der Waals surface area contributed by atoms with Crippen LogP contribution in [0.25, 0.3) is 11.0 Å². The van der Waals surface area contributed by atoms with Gasteiger partial charge in [0, 0.05) is 21.7 Å². The standard InChI is InChI=1S/C23H17BrFN3O2/c1-14-11-17(24)6-9-20(14)27-22(29)19-12-16-3-2-10-26-21(16)28(23(19)30)13-15-4-7-18(25)8-5-15/h2-12H,13H2,1H3,(H,27,29). The molecule has 0 aliphatic carbocycles. The molecule has 4 aromatic rings. The number of benzene rings is 2. The number of carbonyl (C=O) groups excluding carboxylic acids is 1. The summed E-state index contributed by atoms with van der Waals surface area (Å²) < 4.78 is 15.6. The van der Waals surface area contributed by atoms with Gasteiger partial charge in [-0.3, -0.25) is 14.2 Å². The Morgan fingerprint density at radius 3 is 2.63 bits per heavy atom. The van der Waals surface area contributed by atoms with Crippen LogP contribution in [-0.2, 0) is 6.54 Å². The van der Waals surface area contributed by atoms with Gasteiger partial charge in [-0.2, -0.15) is 0 Å². The van der Waals surface area contributed by atoms with Crippen LogP contribution in [0.3, 0.4) is 0 Å². The molecule has 0 aliphatic heterocycles. The summed E-state index contributed by atoms with van der Waals surface area (Å²) in [5.74, 6) is -0.851. The molecule has 150 valence electrons. The molecule has 2 heterocycles. The van der Waals surface area contributed by atoms with Gasteiger partial charge in [-0.15, -0.1) is 0 Å².